The maximum absolute atomic E-state index is 2.65. The Balaban J connectivity index is 1.55. The zero-order valence-electron chi connectivity index (χ0n) is 12.0. The van der Waals surface area contributed by atoms with Crippen LogP contribution < -0.4 is 0 Å². The first-order valence-corrected chi connectivity index (χ1v) is 8.66. The third-order valence-electron chi connectivity index (χ3n) is 4.65. The minimum absolute atomic E-state index is 0.769. The fraction of sp³-hybridized carbons (Fsp3) is 0.647. The fourth-order valence-corrected chi connectivity index (χ4v) is 4.92. The van der Waals surface area contributed by atoms with Gasteiger partial charge in [-0.15, -0.1) is 11.8 Å². The predicted molar refractivity (Wildman–Crippen MR) is 83.9 cm³/mol. The van der Waals surface area contributed by atoms with E-state index in [2.05, 4.69) is 48.0 Å². The summed E-state index contributed by atoms with van der Waals surface area (Å²) in [5, 5.41) is 0.769. The van der Waals surface area contributed by atoms with E-state index in [9.17, 15) is 0 Å². The predicted octanol–water partition coefficient (Wildman–Crippen LogP) is 4.36. The maximum atomic E-state index is 2.65. The lowest BCUT2D eigenvalue weighted by Gasteiger charge is -2.29. The number of thioether (sulfide) groups is 1. The molecule has 1 aromatic carbocycles. The first-order chi connectivity index (χ1) is 9.33. The molecule has 1 aliphatic carbocycles. The van der Waals surface area contributed by atoms with Crippen molar-refractivity contribution >= 4 is 11.8 Å². The smallest absolute Gasteiger partial charge is 0.0263 e. The van der Waals surface area contributed by atoms with Gasteiger partial charge in [-0.25, -0.2) is 0 Å². The van der Waals surface area contributed by atoms with Crippen LogP contribution in [0.1, 0.15) is 44.1 Å². The highest BCUT2D eigenvalue weighted by Crippen LogP contribution is 2.37. The monoisotopic (exact) mass is 275 g/mol. The van der Waals surface area contributed by atoms with Gasteiger partial charge in [-0.2, -0.15) is 0 Å². The van der Waals surface area contributed by atoms with Crippen LogP contribution in [0, 0.1) is 0 Å². The zero-order chi connectivity index (χ0) is 13.1. The van der Waals surface area contributed by atoms with Crippen molar-refractivity contribution in [3.05, 3.63) is 29.8 Å². The quantitative estimate of drug-likeness (QED) is 0.754. The first kappa shape index (κ1) is 13.5. The Bertz CT molecular complexity index is 384. The number of hydrogen-bond donors (Lipinski definition) is 0. The second-order valence-corrected chi connectivity index (χ2v) is 7.48. The van der Waals surface area contributed by atoms with Crippen molar-refractivity contribution in [2.75, 3.05) is 13.6 Å². The molecule has 1 nitrogen and oxygen atoms in total. The van der Waals surface area contributed by atoms with Crippen molar-refractivity contribution in [3.63, 3.8) is 0 Å². The van der Waals surface area contributed by atoms with Crippen molar-refractivity contribution in [1.29, 1.82) is 0 Å². The van der Waals surface area contributed by atoms with Gasteiger partial charge in [-0.1, -0.05) is 43.9 Å². The SMILES string of the molecule is CN(CC1Cc2ccccc2S1)C1CCCCCC1. The molecule has 1 saturated carbocycles. The summed E-state index contributed by atoms with van der Waals surface area (Å²) in [6.07, 6.45) is 9.88. The van der Waals surface area contributed by atoms with E-state index in [1.54, 1.807) is 5.56 Å². The lowest BCUT2D eigenvalue weighted by Crippen LogP contribution is -2.36. The zero-order valence-corrected chi connectivity index (χ0v) is 12.8. The molecule has 0 bridgehead atoms. The van der Waals surface area contributed by atoms with Gasteiger partial charge in [0.15, 0.2) is 0 Å². The van der Waals surface area contributed by atoms with E-state index in [1.165, 1.54) is 56.4 Å². The summed E-state index contributed by atoms with van der Waals surface area (Å²) >= 11 is 2.09. The number of fused-ring (bicyclic) bond motifs is 1. The highest BCUT2D eigenvalue weighted by atomic mass is 32.2. The molecule has 19 heavy (non-hydrogen) atoms. The molecule has 2 heteroatoms. The van der Waals surface area contributed by atoms with Crippen LogP contribution in [0.3, 0.4) is 0 Å². The van der Waals surface area contributed by atoms with Gasteiger partial charge in [-0.05, 0) is 37.9 Å². The Hall–Kier alpha value is -0.470. The van der Waals surface area contributed by atoms with E-state index in [0.717, 1.165) is 11.3 Å². The largest absolute Gasteiger partial charge is 0.302 e. The minimum atomic E-state index is 0.769. The molecule has 1 fully saturated rings. The van der Waals surface area contributed by atoms with Crippen molar-refractivity contribution < 1.29 is 0 Å². The molecular weight excluding hydrogens is 250 g/mol. The first-order valence-electron chi connectivity index (χ1n) is 7.78. The van der Waals surface area contributed by atoms with Crippen molar-refractivity contribution in [1.82, 2.24) is 4.90 Å². The van der Waals surface area contributed by atoms with Gasteiger partial charge >= 0.3 is 0 Å². The van der Waals surface area contributed by atoms with Crippen LogP contribution in [0.4, 0.5) is 0 Å². The Morgan fingerprint density at radius 3 is 2.58 bits per heavy atom. The molecule has 1 aromatic rings. The number of hydrogen-bond acceptors (Lipinski definition) is 2. The Kier molecular flexibility index (Phi) is 4.49. The second-order valence-electron chi connectivity index (χ2n) is 6.14. The maximum Gasteiger partial charge on any atom is 0.0263 e. The number of benzene rings is 1. The van der Waals surface area contributed by atoms with Crippen LogP contribution in [0.15, 0.2) is 29.2 Å². The summed E-state index contributed by atoms with van der Waals surface area (Å²) in [6.45, 7) is 1.25. The molecule has 1 heterocycles. The van der Waals surface area contributed by atoms with Gasteiger partial charge in [0.2, 0.25) is 0 Å². The molecule has 3 rings (SSSR count). The van der Waals surface area contributed by atoms with Crippen molar-refractivity contribution in [2.24, 2.45) is 0 Å². The van der Waals surface area contributed by atoms with Crippen LogP contribution in [0.2, 0.25) is 0 Å². The van der Waals surface area contributed by atoms with Crippen LogP contribution in [-0.2, 0) is 6.42 Å². The van der Waals surface area contributed by atoms with E-state index in [0.29, 0.717) is 0 Å². The molecule has 0 N–H and O–H groups in total. The van der Waals surface area contributed by atoms with Crippen LogP contribution >= 0.6 is 11.8 Å². The normalized spacial score (nSPS) is 24.4. The standard InChI is InChI=1S/C17H25NS/c1-18(15-9-4-2-3-5-10-15)13-16-12-14-8-6-7-11-17(14)19-16/h6-8,11,15-16H,2-5,9-10,12-13H2,1H3. The highest BCUT2D eigenvalue weighted by molar-refractivity contribution is 8.00. The molecule has 0 radical (unpaired) electrons. The Labute approximate surface area is 121 Å². The molecule has 0 aromatic heterocycles. The van der Waals surface area contributed by atoms with E-state index in [4.69, 9.17) is 0 Å². The summed E-state index contributed by atoms with van der Waals surface area (Å²) < 4.78 is 0. The molecule has 1 unspecified atom stereocenters. The highest BCUT2D eigenvalue weighted by Gasteiger charge is 2.25. The van der Waals surface area contributed by atoms with Crippen LogP contribution in [0.5, 0.6) is 0 Å². The Morgan fingerprint density at radius 1 is 1.11 bits per heavy atom. The van der Waals surface area contributed by atoms with Gasteiger partial charge < -0.3 is 4.90 Å². The molecule has 104 valence electrons. The summed E-state index contributed by atoms with van der Waals surface area (Å²) in [4.78, 5) is 4.16. The molecule has 2 aliphatic rings. The van der Waals surface area contributed by atoms with Gasteiger partial charge in [0.25, 0.3) is 0 Å². The van der Waals surface area contributed by atoms with Crippen molar-refractivity contribution in [2.45, 2.75) is 61.1 Å². The van der Waals surface area contributed by atoms with Gasteiger partial charge in [-0.3, -0.25) is 0 Å². The average Bonchev–Trinajstić information content (AvgIpc) is 2.63. The summed E-state index contributed by atoms with van der Waals surface area (Å²) in [5.41, 5.74) is 1.56. The van der Waals surface area contributed by atoms with E-state index < -0.39 is 0 Å². The summed E-state index contributed by atoms with van der Waals surface area (Å²) in [6, 6.07) is 9.77. The molecule has 1 aliphatic heterocycles. The Morgan fingerprint density at radius 2 is 1.84 bits per heavy atom. The van der Waals surface area contributed by atoms with Crippen LogP contribution in [0.25, 0.3) is 0 Å². The third-order valence-corrected chi connectivity index (χ3v) is 5.95. The molecular formula is C17H25NS. The second kappa shape index (κ2) is 6.32. The molecule has 0 saturated heterocycles. The molecule has 0 amide bonds. The lowest BCUT2D eigenvalue weighted by molar-refractivity contribution is 0.222. The topological polar surface area (TPSA) is 3.24 Å². The fourth-order valence-electron chi connectivity index (χ4n) is 3.52. The van der Waals surface area contributed by atoms with Crippen molar-refractivity contribution in [3.8, 4) is 0 Å². The number of nitrogens with zero attached hydrogens (tertiary/aromatic N) is 1. The lowest BCUT2D eigenvalue weighted by atomic mass is 10.1. The molecule has 1 atom stereocenters. The van der Waals surface area contributed by atoms with E-state index >= 15 is 0 Å². The summed E-state index contributed by atoms with van der Waals surface area (Å²) in [5.74, 6) is 0. The minimum Gasteiger partial charge on any atom is -0.302 e. The average molecular weight is 275 g/mol. The third kappa shape index (κ3) is 3.35. The molecule has 0 spiro atoms. The van der Waals surface area contributed by atoms with Crippen LogP contribution in [-0.4, -0.2) is 29.8 Å². The number of rotatable bonds is 3. The van der Waals surface area contributed by atoms with Gasteiger partial charge in [0.1, 0.15) is 0 Å². The van der Waals surface area contributed by atoms with E-state index in [-0.39, 0.29) is 0 Å². The van der Waals surface area contributed by atoms with E-state index in [1.807, 2.05) is 0 Å². The van der Waals surface area contributed by atoms with Gasteiger partial charge in [0, 0.05) is 22.7 Å². The summed E-state index contributed by atoms with van der Waals surface area (Å²) in [7, 11) is 2.35. The van der Waals surface area contributed by atoms with Gasteiger partial charge in [0.05, 0.1) is 0 Å².